The molecule has 2 nitrogen and oxygen atoms in total. The van der Waals surface area contributed by atoms with E-state index in [2.05, 4.69) is 12.2 Å². The number of rotatable bonds is 3. The van der Waals surface area contributed by atoms with Crippen molar-refractivity contribution in [3.63, 3.8) is 0 Å². The van der Waals surface area contributed by atoms with Gasteiger partial charge in [-0.15, -0.1) is 0 Å². The van der Waals surface area contributed by atoms with Crippen LogP contribution in [-0.2, 0) is 0 Å². The van der Waals surface area contributed by atoms with Crippen molar-refractivity contribution in [2.45, 2.75) is 45.4 Å². The molecule has 3 N–H and O–H groups in total. The summed E-state index contributed by atoms with van der Waals surface area (Å²) in [7, 11) is 0. The van der Waals surface area contributed by atoms with Gasteiger partial charge in [-0.3, -0.25) is 0 Å². The molecule has 0 aromatic rings. The summed E-state index contributed by atoms with van der Waals surface area (Å²) >= 11 is 0. The lowest BCUT2D eigenvalue weighted by Crippen LogP contribution is -2.21. The van der Waals surface area contributed by atoms with Gasteiger partial charge >= 0.3 is 0 Å². The zero-order valence-electron chi connectivity index (χ0n) is 8.44. The third-order valence-electron chi connectivity index (χ3n) is 2.01. The molecular formula is C10H24N2. The SMILES string of the molecule is C1CCNCC1.CCCCCN. The second kappa shape index (κ2) is 10.9. The monoisotopic (exact) mass is 172 g/mol. The highest BCUT2D eigenvalue weighted by Gasteiger charge is 1.93. The van der Waals surface area contributed by atoms with Gasteiger partial charge in [0.1, 0.15) is 0 Å². The molecule has 0 aliphatic carbocycles. The highest BCUT2D eigenvalue weighted by molar-refractivity contribution is 4.55. The summed E-state index contributed by atoms with van der Waals surface area (Å²) in [6.45, 7) is 5.53. The lowest BCUT2D eigenvalue weighted by molar-refractivity contribution is 0.520. The molecule has 0 amide bonds. The Hall–Kier alpha value is -0.0800. The number of nitrogens with one attached hydrogen (secondary N) is 1. The molecule has 1 fully saturated rings. The molecule has 0 radical (unpaired) electrons. The van der Waals surface area contributed by atoms with Gasteiger partial charge in [-0.05, 0) is 38.9 Å². The summed E-state index contributed by atoms with van der Waals surface area (Å²) in [5.74, 6) is 0. The van der Waals surface area contributed by atoms with Crippen LogP contribution in [0.25, 0.3) is 0 Å². The molecule has 1 aliphatic heterocycles. The fourth-order valence-corrected chi connectivity index (χ4v) is 1.20. The maximum atomic E-state index is 5.21. The van der Waals surface area contributed by atoms with E-state index < -0.39 is 0 Å². The molecule has 12 heavy (non-hydrogen) atoms. The van der Waals surface area contributed by atoms with Crippen molar-refractivity contribution in [1.82, 2.24) is 5.32 Å². The fourth-order valence-electron chi connectivity index (χ4n) is 1.20. The van der Waals surface area contributed by atoms with Gasteiger partial charge in [-0.2, -0.15) is 0 Å². The molecule has 1 heterocycles. The van der Waals surface area contributed by atoms with Crippen LogP contribution in [0.2, 0.25) is 0 Å². The average Bonchev–Trinajstić information content (AvgIpc) is 2.18. The Balaban J connectivity index is 0.000000202. The molecule has 0 bridgehead atoms. The second-order valence-electron chi connectivity index (χ2n) is 3.31. The van der Waals surface area contributed by atoms with Crippen LogP contribution in [0.3, 0.4) is 0 Å². The summed E-state index contributed by atoms with van der Waals surface area (Å²) < 4.78 is 0. The Morgan fingerprint density at radius 3 is 1.92 bits per heavy atom. The van der Waals surface area contributed by atoms with Gasteiger partial charge in [0.15, 0.2) is 0 Å². The minimum absolute atomic E-state index is 0.855. The molecule has 0 aromatic heterocycles. The molecule has 0 aromatic carbocycles. The van der Waals surface area contributed by atoms with E-state index in [9.17, 15) is 0 Å². The van der Waals surface area contributed by atoms with E-state index in [1.165, 1.54) is 51.6 Å². The normalized spacial score (nSPS) is 16.5. The van der Waals surface area contributed by atoms with Gasteiger partial charge in [0.2, 0.25) is 0 Å². The Morgan fingerprint density at radius 1 is 1.08 bits per heavy atom. The zero-order valence-corrected chi connectivity index (χ0v) is 8.44. The molecule has 74 valence electrons. The van der Waals surface area contributed by atoms with Crippen molar-refractivity contribution in [3.05, 3.63) is 0 Å². The minimum atomic E-state index is 0.855. The summed E-state index contributed by atoms with van der Waals surface area (Å²) in [5.41, 5.74) is 5.21. The third kappa shape index (κ3) is 9.92. The van der Waals surface area contributed by atoms with Gasteiger partial charge in [-0.25, -0.2) is 0 Å². The van der Waals surface area contributed by atoms with E-state index in [1.807, 2.05) is 0 Å². The molecule has 0 unspecified atom stereocenters. The van der Waals surface area contributed by atoms with Crippen molar-refractivity contribution in [2.24, 2.45) is 5.73 Å². The van der Waals surface area contributed by atoms with Crippen LogP contribution in [0.4, 0.5) is 0 Å². The quantitative estimate of drug-likeness (QED) is 0.638. The van der Waals surface area contributed by atoms with Gasteiger partial charge in [0, 0.05) is 0 Å². The lowest BCUT2D eigenvalue weighted by atomic mass is 10.2. The molecule has 2 heteroatoms. The first-order chi connectivity index (χ1) is 5.91. The first-order valence-corrected chi connectivity index (χ1v) is 5.32. The number of hydrogen-bond acceptors (Lipinski definition) is 2. The number of hydrogen-bond donors (Lipinski definition) is 2. The Morgan fingerprint density at radius 2 is 1.75 bits per heavy atom. The Bertz CT molecular complexity index is 54.7. The van der Waals surface area contributed by atoms with Crippen molar-refractivity contribution in [1.29, 1.82) is 0 Å². The minimum Gasteiger partial charge on any atom is -0.330 e. The third-order valence-corrected chi connectivity index (χ3v) is 2.01. The van der Waals surface area contributed by atoms with Crippen molar-refractivity contribution >= 4 is 0 Å². The lowest BCUT2D eigenvalue weighted by Gasteiger charge is -2.08. The molecule has 1 saturated heterocycles. The predicted octanol–water partition coefficient (Wildman–Crippen LogP) is 1.90. The molecule has 0 atom stereocenters. The van der Waals surface area contributed by atoms with Crippen LogP contribution < -0.4 is 11.1 Å². The maximum Gasteiger partial charge on any atom is -0.00489 e. The van der Waals surface area contributed by atoms with Crippen molar-refractivity contribution < 1.29 is 0 Å². The largest absolute Gasteiger partial charge is 0.330 e. The van der Waals surface area contributed by atoms with Gasteiger partial charge < -0.3 is 11.1 Å². The second-order valence-corrected chi connectivity index (χ2v) is 3.31. The molecular weight excluding hydrogens is 148 g/mol. The van der Waals surface area contributed by atoms with Crippen LogP contribution in [0.1, 0.15) is 45.4 Å². The molecule has 0 saturated carbocycles. The van der Waals surface area contributed by atoms with E-state index in [1.54, 1.807) is 0 Å². The predicted molar refractivity (Wildman–Crippen MR) is 55.3 cm³/mol. The van der Waals surface area contributed by atoms with Gasteiger partial charge in [0.05, 0.1) is 0 Å². The highest BCUT2D eigenvalue weighted by Crippen LogP contribution is 1.96. The van der Waals surface area contributed by atoms with Crippen LogP contribution in [-0.4, -0.2) is 19.6 Å². The fraction of sp³-hybridized carbons (Fsp3) is 1.00. The topological polar surface area (TPSA) is 38.0 Å². The summed E-state index contributed by atoms with van der Waals surface area (Å²) in [4.78, 5) is 0. The van der Waals surface area contributed by atoms with Crippen LogP contribution in [0.15, 0.2) is 0 Å². The number of unbranched alkanes of at least 4 members (excludes halogenated alkanes) is 2. The van der Waals surface area contributed by atoms with Gasteiger partial charge in [0.25, 0.3) is 0 Å². The summed E-state index contributed by atoms with van der Waals surface area (Å²) in [6, 6.07) is 0. The smallest absolute Gasteiger partial charge is 0.00489 e. The van der Waals surface area contributed by atoms with Crippen LogP contribution in [0, 0.1) is 0 Å². The Kier molecular flexibility index (Phi) is 10.8. The maximum absolute atomic E-state index is 5.21. The molecule has 1 rings (SSSR count). The number of nitrogens with two attached hydrogens (primary N) is 1. The van der Waals surface area contributed by atoms with E-state index in [4.69, 9.17) is 5.73 Å². The average molecular weight is 172 g/mol. The standard InChI is InChI=1S/C5H11N.C5H13N/c1-2-4-6-5-3-1;1-2-3-4-5-6/h6H,1-5H2;2-6H2,1H3. The zero-order chi connectivity index (χ0) is 9.07. The first-order valence-electron chi connectivity index (χ1n) is 5.32. The summed E-state index contributed by atoms with van der Waals surface area (Å²) in [6.07, 6.45) is 7.97. The summed E-state index contributed by atoms with van der Waals surface area (Å²) in [5, 5.41) is 3.28. The number of piperidine rings is 1. The van der Waals surface area contributed by atoms with E-state index >= 15 is 0 Å². The van der Waals surface area contributed by atoms with Crippen LogP contribution in [0.5, 0.6) is 0 Å². The van der Waals surface area contributed by atoms with Crippen LogP contribution >= 0.6 is 0 Å². The van der Waals surface area contributed by atoms with Crippen molar-refractivity contribution in [3.8, 4) is 0 Å². The molecule has 0 spiro atoms. The Labute approximate surface area is 76.9 Å². The van der Waals surface area contributed by atoms with E-state index in [0.29, 0.717) is 0 Å². The first kappa shape index (κ1) is 11.9. The molecule has 1 aliphatic rings. The highest BCUT2D eigenvalue weighted by atomic mass is 14.9. The van der Waals surface area contributed by atoms with E-state index in [-0.39, 0.29) is 0 Å². The van der Waals surface area contributed by atoms with Gasteiger partial charge in [-0.1, -0.05) is 26.2 Å². The van der Waals surface area contributed by atoms with E-state index in [0.717, 1.165) is 6.54 Å². The van der Waals surface area contributed by atoms with Crippen molar-refractivity contribution in [2.75, 3.05) is 19.6 Å².